The number of carbonyl (C=O) groups excluding carboxylic acids is 2. The second-order valence-corrected chi connectivity index (χ2v) is 7.62. The van der Waals surface area contributed by atoms with Crippen molar-refractivity contribution >= 4 is 23.1 Å². The summed E-state index contributed by atoms with van der Waals surface area (Å²) in [5, 5.41) is 21.6. The van der Waals surface area contributed by atoms with Crippen LogP contribution < -0.4 is 9.64 Å². The molecule has 1 aliphatic rings. The fraction of sp³-hybridized carbons (Fsp3) is 0.154. The van der Waals surface area contributed by atoms with Gasteiger partial charge in [-0.25, -0.2) is 4.39 Å². The highest BCUT2D eigenvalue weighted by Crippen LogP contribution is 2.44. The molecule has 7 heteroatoms. The van der Waals surface area contributed by atoms with Crippen molar-refractivity contribution in [3.8, 4) is 11.5 Å². The van der Waals surface area contributed by atoms with Gasteiger partial charge in [0.2, 0.25) is 0 Å². The van der Waals surface area contributed by atoms with Gasteiger partial charge in [-0.15, -0.1) is 0 Å². The van der Waals surface area contributed by atoms with E-state index in [1.807, 2.05) is 6.92 Å². The molecule has 4 rings (SSSR count). The minimum Gasteiger partial charge on any atom is -0.507 e. The van der Waals surface area contributed by atoms with E-state index >= 15 is 0 Å². The third-order valence-corrected chi connectivity index (χ3v) is 5.52. The van der Waals surface area contributed by atoms with Crippen molar-refractivity contribution in [3.05, 3.63) is 94.8 Å². The van der Waals surface area contributed by atoms with E-state index in [1.54, 1.807) is 37.3 Å². The van der Waals surface area contributed by atoms with E-state index < -0.39 is 23.5 Å². The van der Waals surface area contributed by atoms with Crippen molar-refractivity contribution in [3.63, 3.8) is 0 Å². The number of aromatic hydroxyl groups is 1. The highest BCUT2D eigenvalue weighted by molar-refractivity contribution is 6.51. The van der Waals surface area contributed by atoms with Gasteiger partial charge in [0.1, 0.15) is 23.1 Å². The number of aliphatic hydroxyl groups is 1. The number of benzene rings is 3. The summed E-state index contributed by atoms with van der Waals surface area (Å²) < 4.78 is 19.2. The number of Topliss-reactive ketones (excluding diaryl/α,β-unsaturated/α-hetero) is 1. The molecule has 1 unspecified atom stereocenters. The molecule has 1 aliphatic heterocycles. The molecule has 0 aromatic heterocycles. The highest BCUT2D eigenvalue weighted by atomic mass is 19.1. The average molecular weight is 447 g/mol. The first kappa shape index (κ1) is 22.1. The van der Waals surface area contributed by atoms with Crippen molar-refractivity contribution in [1.29, 1.82) is 0 Å². The number of aryl methyl sites for hydroxylation is 1. The summed E-state index contributed by atoms with van der Waals surface area (Å²) >= 11 is 0. The van der Waals surface area contributed by atoms with Crippen LogP contribution in [0.5, 0.6) is 11.5 Å². The maximum absolute atomic E-state index is 13.6. The van der Waals surface area contributed by atoms with Gasteiger partial charge in [0.15, 0.2) is 0 Å². The van der Waals surface area contributed by atoms with E-state index in [9.17, 15) is 24.2 Å². The molecule has 1 fully saturated rings. The van der Waals surface area contributed by atoms with Crippen molar-refractivity contribution in [1.82, 2.24) is 0 Å². The lowest BCUT2D eigenvalue weighted by Crippen LogP contribution is -2.29. The van der Waals surface area contributed by atoms with E-state index in [4.69, 9.17) is 4.74 Å². The number of phenolic OH excluding ortho intramolecular Hbond substituents is 1. The minimum atomic E-state index is -1.06. The lowest BCUT2D eigenvalue weighted by atomic mass is 9.94. The number of para-hydroxylation sites is 2. The quantitative estimate of drug-likeness (QED) is 0.331. The predicted molar refractivity (Wildman–Crippen MR) is 122 cm³/mol. The second-order valence-electron chi connectivity index (χ2n) is 7.62. The van der Waals surface area contributed by atoms with Gasteiger partial charge in [0.25, 0.3) is 11.7 Å². The summed E-state index contributed by atoms with van der Waals surface area (Å²) in [4.78, 5) is 27.3. The summed E-state index contributed by atoms with van der Waals surface area (Å²) in [6, 6.07) is 15.3. The van der Waals surface area contributed by atoms with Gasteiger partial charge in [-0.3, -0.25) is 14.5 Å². The SMILES string of the molecule is CCOc1ccc(/C(O)=C2/C(=O)C(=O)N(c3ccccc3O)C2c2ccc(F)cc2)cc1C. The maximum atomic E-state index is 13.6. The van der Waals surface area contributed by atoms with Crippen LogP contribution in [0.4, 0.5) is 10.1 Å². The van der Waals surface area contributed by atoms with E-state index in [-0.39, 0.29) is 22.8 Å². The zero-order valence-electron chi connectivity index (χ0n) is 18.1. The molecule has 0 spiro atoms. The molecule has 0 bridgehead atoms. The van der Waals surface area contributed by atoms with E-state index in [0.717, 1.165) is 10.5 Å². The van der Waals surface area contributed by atoms with E-state index in [1.165, 1.54) is 36.4 Å². The van der Waals surface area contributed by atoms with Crippen molar-refractivity contribution in [2.45, 2.75) is 19.9 Å². The number of halogens is 1. The minimum absolute atomic E-state index is 0.107. The Hall–Kier alpha value is -4.13. The number of ketones is 1. The molecule has 0 saturated carbocycles. The number of rotatable bonds is 5. The van der Waals surface area contributed by atoms with Crippen LogP contribution in [0.1, 0.15) is 29.7 Å². The number of hydrogen-bond acceptors (Lipinski definition) is 5. The molecular formula is C26H22FNO5. The normalized spacial score (nSPS) is 17.4. The molecule has 1 atom stereocenters. The fourth-order valence-electron chi connectivity index (χ4n) is 3.98. The summed E-state index contributed by atoms with van der Waals surface area (Å²) in [6.07, 6.45) is 0. The van der Waals surface area contributed by atoms with Gasteiger partial charge in [0.05, 0.1) is 23.9 Å². The van der Waals surface area contributed by atoms with Crippen LogP contribution in [0.15, 0.2) is 72.3 Å². The monoisotopic (exact) mass is 447 g/mol. The van der Waals surface area contributed by atoms with E-state index in [0.29, 0.717) is 23.5 Å². The Kier molecular flexibility index (Phi) is 5.87. The topological polar surface area (TPSA) is 87.1 Å². The molecule has 168 valence electrons. The zero-order valence-corrected chi connectivity index (χ0v) is 18.1. The smallest absolute Gasteiger partial charge is 0.300 e. The molecule has 1 saturated heterocycles. The highest BCUT2D eigenvalue weighted by Gasteiger charge is 2.47. The molecule has 6 nitrogen and oxygen atoms in total. The number of aliphatic hydroxyl groups excluding tert-OH is 1. The van der Waals surface area contributed by atoms with Gasteiger partial charge in [0, 0.05) is 5.56 Å². The number of ether oxygens (including phenoxy) is 1. The Morgan fingerprint density at radius 2 is 1.76 bits per heavy atom. The second kappa shape index (κ2) is 8.78. The number of nitrogens with zero attached hydrogens (tertiary/aromatic N) is 1. The van der Waals surface area contributed by atoms with Crippen LogP contribution in [-0.2, 0) is 9.59 Å². The van der Waals surface area contributed by atoms with Crippen molar-refractivity contribution in [2.24, 2.45) is 0 Å². The fourth-order valence-corrected chi connectivity index (χ4v) is 3.98. The zero-order chi connectivity index (χ0) is 23.7. The Labute approximate surface area is 190 Å². The Bertz CT molecular complexity index is 1270. The lowest BCUT2D eigenvalue weighted by Gasteiger charge is -2.26. The van der Waals surface area contributed by atoms with Gasteiger partial charge >= 0.3 is 0 Å². The van der Waals surface area contributed by atoms with Crippen LogP contribution in [0.3, 0.4) is 0 Å². The third kappa shape index (κ3) is 3.93. The standard InChI is InChI=1S/C26H22FNO5/c1-3-33-21-13-10-17(14-15(21)2)24(30)22-23(16-8-11-18(27)12-9-16)28(26(32)25(22)31)19-6-4-5-7-20(19)29/h4-14,23,29-30H,3H2,1-2H3/b24-22-. The number of carbonyl (C=O) groups is 2. The molecule has 3 aromatic carbocycles. The molecule has 0 radical (unpaired) electrons. The van der Waals surface area contributed by atoms with Gasteiger partial charge in [-0.05, 0) is 67.4 Å². The molecule has 0 aliphatic carbocycles. The van der Waals surface area contributed by atoms with Crippen LogP contribution in [0.2, 0.25) is 0 Å². The van der Waals surface area contributed by atoms with Crippen molar-refractivity contribution < 1.29 is 28.9 Å². The third-order valence-electron chi connectivity index (χ3n) is 5.52. The van der Waals surface area contributed by atoms with Crippen LogP contribution >= 0.6 is 0 Å². The number of phenols is 1. The first-order valence-corrected chi connectivity index (χ1v) is 10.4. The van der Waals surface area contributed by atoms with Crippen molar-refractivity contribution in [2.75, 3.05) is 11.5 Å². The molecule has 33 heavy (non-hydrogen) atoms. The average Bonchev–Trinajstić information content (AvgIpc) is 3.06. The van der Waals surface area contributed by atoms with Gasteiger partial charge < -0.3 is 14.9 Å². The van der Waals surface area contributed by atoms with E-state index in [2.05, 4.69) is 0 Å². The molecule has 3 aromatic rings. The largest absolute Gasteiger partial charge is 0.507 e. The Morgan fingerprint density at radius 3 is 2.39 bits per heavy atom. The molecule has 2 N–H and O–H groups in total. The molecule has 1 amide bonds. The van der Waals surface area contributed by atoms with Gasteiger partial charge in [-0.1, -0.05) is 24.3 Å². The number of anilines is 1. The number of amides is 1. The first-order valence-electron chi connectivity index (χ1n) is 10.4. The van der Waals surface area contributed by atoms with Crippen LogP contribution in [0.25, 0.3) is 5.76 Å². The maximum Gasteiger partial charge on any atom is 0.300 e. The Balaban J connectivity index is 1.93. The first-order chi connectivity index (χ1) is 15.8. The lowest BCUT2D eigenvalue weighted by molar-refractivity contribution is -0.132. The summed E-state index contributed by atoms with van der Waals surface area (Å²) in [6.45, 7) is 4.14. The van der Waals surface area contributed by atoms with Crippen LogP contribution in [0, 0.1) is 12.7 Å². The Morgan fingerprint density at radius 1 is 1.06 bits per heavy atom. The molecule has 1 heterocycles. The predicted octanol–water partition coefficient (Wildman–Crippen LogP) is 4.86. The van der Waals surface area contributed by atoms with Crippen LogP contribution in [-0.4, -0.2) is 28.5 Å². The number of hydrogen-bond donors (Lipinski definition) is 2. The molecular weight excluding hydrogens is 425 g/mol. The summed E-state index contributed by atoms with van der Waals surface area (Å²) in [5.74, 6) is -2.24. The summed E-state index contributed by atoms with van der Waals surface area (Å²) in [7, 11) is 0. The summed E-state index contributed by atoms with van der Waals surface area (Å²) in [5.41, 5.74) is 1.44. The van der Waals surface area contributed by atoms with Gasteiger partial charge in [-0.2, -0.15) is 0 Å².